The van der Waals surface area contributed by atoms with E-state index in [1.165, 1.54) is 12.8 Å². The van der Waals surface area contributed by atoms with Gasteiger partial charge in [-0.25, -0.2) is 0 Å². The van der Waals surface area contributed by atoms with Gasteiger partial charge in [0.25, 0.3) is 0 Å². The highest BCUT2D eigenvalue weighted by Crippen LogP contribution is 2.34. The van der Waals surface area contributed by atoms with Crippen LogP contribution in [-0.4, -0.2) is 19.4 Å². The quantitative estimate of drug-likeness (QED) is 0.742. The molecule has 3 heteroatoms. The van der Waals surface area contributed by atoms with Gasteiger partial charge in [0.15, 0.2) is 0 Å². The van der Waals surface area contributed by atoms with Gasteiger partial charge >= 0.3 is 0 Å². The Kier molecular flexibility index (Phi) is 4.87. The van der Waals surface area contributed by atoms with Gasteiger partial charge in [0, 0.05) is 13.3 Å². The third-order valence-corrected chi connectivity index (χ3v) is 4.44. The van der Waals surface area contributed by atoms with E-state index in [-0.39, 0.29) is 6.10 Å². The molecule has 1 saturated carbocycles. The van der Waals surface area contributed by atoms with Crippen LogP contribution < -0.4 is 4.74 Å². The van der Waals surface area contributed by atoms with Crippen molar-refractivity contribution in [3.63, 3.8) is 0 Å². The SMILES string of the molecule is CN=Cc1ccc(OC2CCCC(C)C2C)c(Cl)c1. The standard InChI is InChI=1S/C16H22ClNO/c1-11-5-4-6-15(12(11)2)19-16-8-7-13(10-18-3)9-14(16)17/h7-12,15H,4-6H2,1-3H3. The predicted octanol–water partition coefficient (Wildman–Crippen LogP) is 4.59. The Morgan fingerprint density at radius 1 is 1.32 bits per heavy atom. The Hall–Kier alpha value is -1.02. The van der Waals surface area contributed by atoms with Gasteiger partial charge in [0.2, 0.25) is 0 Å². The Morgan fingerprint density at radius 2 is 2.11 bits per heavy atom. The van der Waals surface area contributed by atoms with Crippen molar-refractivity contribution in [1.82, 2.24) is 0 Å². The maximum Gasteiger partial charge on any atom is 0.138 e. The maximum atomic E-state index is 6.28. The first-order valence-corrected chi connectivity index (χ1v) is 7.38. The van der Waals surface area contributed by atoms with E-state index in [2.05, 4.69) is 18.8 Å². The van der Waals surface area contributed by atoms with Crippen molar-refractivity contribution in [3.8, 4) is 5.75 Å². The highest BCUT2D eigenvalue weighted by atomic mass is 35.5. The van der Waals surface area contributed by atoms with Crippen LogP contribution in [0.2, 0.25) is 5.02 Å². The van der Waals surface area contributed by atoms with Crippen LogP contribution in [0.15, 0.2) is 23.2 Å². The number of rotatable bonds is 3. The Labute approximate surface area is 120 Å². The topological polar surface area (TPSA) is 21.6 Å². The van der Waals surface area contributed by atoms with Gasteiger partial charge < -0.3 is 4.74 Å². The van der Waals surface area contributed by atoms with Crippen molar-refractivity contribution in [2.45, 2.75) is 39.2 Å². The smallest absolute Gasteiger partial charge is 0.138 e. The van der Waals surface area contributed by atoms with Crippen molar-refractivity contribution < 1.29 is 4.74 Å². The zero-order valence-corrected chi connectivity index (χ0v) is 12.7. The van der Waals surface area contributed by atoms with Crippen LogP contribution in [0.25, 0.3) is 0 Å². The first-order valence-electron chi connectivity index (χ1n) is 7.00. The van der Waals surface area contributed by atoms with Crippen molar-refractivity contribution in [2.75, 3.05) is 7.05 Å². The lowest BCUT2D eigenvalue weighted by Gasteiger charge is -2.34. The normalized spacial score (nSPS) is 27.7. The maximum absolute atomic E-state index is 6.28. The highest BCUT2D eigenvalue weighted by molar-refractivity contribution is 6.32. The first-order chi connectivity index (χ1) is 9.11. The van der Waals surface area contributed by atoms with Gasteiger partial charge in [-0.3, -0.25) is 4.99 Å². The number of hydrogen-bond donors (Lipinski definition) is 0. The summed E-state index contributed by atoms with van der Waals surface area (Å²) >= 11 is 6.28. The molecule has 1 aliphatic carbocycles. The van der Waals surface area contributed by atoms with E-state index >= 15 is 0 Å². The van der Waals surface area contributed by atoms with Crippen molar-refractivity contribution in [2.24, 2.45) is 16.8 Å². The fraction of sp³-hybridized carbons (Fsp3) is 0.562. The summed E-state index contributed by atoms with van der Waals surface area (Å²) in [6.45, 7) is 4.59. The van der Waals surface area contributed by atoms with E-state index in [0.29, 0.717) is 10.9 Å². The molecule has 0 aromatic heterocycles. The molecule has 19 heavy (non-hydrogen) atoms. The van der Waals surface area contributed by atoms with Gasteiger partial charge in [0.05, 0.1) is 5.02 Å². The molecule has 0 radical (unpaired) electrons. The van der Waals surface area contributed by atoms with Crippen LogP contribution in [0, 0.1) is 11.8 Å². The van der Waals surface area contributed by atoms with Crippen LogP contribution in [0.4, 0.5) is 0 Å². The van der Waals surface area contributed by atoms with E-state index in [4.69, 9.17) is 16.3 Å². The van der Waals surface area contributed by atoms with E-state index in [9.17, 15) is 0 Å². The molecule has 0 amide bonds. The number of ether oxygens (including phenoxy) is 1. The summed E-state index contributed by atoms with van der Waals surface area (Å²) in [5.74, 6) is 2.10. The summed E-state index contributed by atoms with van der Waals surface area (Å²) in [5, 5.41) is 0.669. The minimum Gasteiger partial charge on any atom is -0.489 e. The van der Waals surface area contributed by atoms with E-state index in [0.717, 1.165) is 23.7 Å². The monoisotopic (exact) mass is 279 g/mol. The molecular weight excluding hydrogens is 258 g/mol. The Balaban J connectivity index is 2.10. The molecule has 0 bridgehead atoms. The Bertz CT molecular complexity index is 458. The summed E-state index contributed by atoms with van der Waals surface area (Å²) in [7, 11) is 1.75. The molecule has 1 aromatic carbocycles. The first kappa shape index (κ1) is 14.4. The van der Waals surface area contributed by atoms with Crippen LogP contribution >= 0.6 is 11.6 Å². The number of halogens is 1. The molecule has 1 aromatic rings. The third-order valence-electron chi connectivity index (χ3n) is 4.14. The lowest BCUT2D eigenvalue weighted by molar-refractivity contribution is 0.0693. The minimum atomic E-state index is 0.284. The van der Waals surface area contributed by atoms with Gasteiger partial charge in [0.1, 0.15) is 11.9 Å². The summed E-state index contributed by atoms with van der Waals surface area (Å²) in [4.78, 5) is 3.99. The van der Waals surface area contributed by atoms with Gasteiger partial charge in [-0.1, -0.05) is 31.9 Å². The number of nitrogens with zero attached hydrogens (tertiary/aromatic N) is 1. The molecule has 2 nitrogen and oxygen atoms in total. The van der Waals surface area contributed by atoms with Crippen LogP contribution in [0.3, 0.4) is 0 Å². The third kappa shape index (κ3) is 3.50. The molecule has 3 atom stereocenters. The minimum absolute atomic E-state index is 0.284. The predicted molar refractivity (Wildman–Crippen MR) is 81.6 cm³/mol. The molecule has 2 rings (SSSR count). The number of aliphatic imine (C=N–C) groups is 1. The van der Waals surface area contributed by atoms with E-state index in [1.807, 2.05) is 18.2 Å². The molecule has 3 unspecified atom stereocenters. The second-order valence-corrected chi connectivity index (χ2v) is 5.91. The average Bonchev–Trinajstić information content (AvgIpc) is 2.38. The lowest BCUT2D eigenvalue weighted by Crippen LogP contribution is -2.33. The van der Waals surface area contributed by atoms with Crippen LogP contribution in [0.1, 0.15) is 38.7 Å². The second-order valence-electron chi connectivity index (χ2n) is 5.50. The highest BCUT2D eigenvalue weighted by Gasteiger charge is 2.28. The van der Waals surface area contributed by atoms with Crippen molar-refractivity contribution in [3.05, 3.63) is 28.8 Å². The van der Waals surface area contributed by atoms with Crippen molar-refractivity contribution >= 4 is 17.8 Å². The molecule has 0 N–H and O–H groups in total. The fourth-order valence-corrected chi connectivity index (χ4v) is 2.94. The molecule has 0 saturated heterocycles. The largest absolute Gasteiger partial charge is 0.489 e. The second kappa shape index (κ2) is 6.42. The summed E-state index contributed by atoms with van der Waals surface area (Å²) < 4.78 is 6.13. The Morgan fingerprint density at radius 3 is 2.79 bits per heavy atom. The molecular formula is C16H22ClNO. The molecule has 104 valence electrons. The van der Waals surface area contributed by atoms with Gasteiger partial charge in [-0.05, 0) is 48.4 Å². The zero-order valence-electron chi connectivity index (χ0n) is 11.9. The summed E-state index contributed by atoms with van der Waals surface area (Å²) in [5.41, 5.74) is 1.00. The molecule has 1 aliphatic rings. The van der Waals surface area contributed by atoms with Crippen LogP contribution in [0.5, 0.6) is 5.75 Å². The number of benzene rings is 1. The van der Waals surface area contributed by atoms with Crippen LogP contribution in [-0.2, 0) is 0 Å². The molecule has 1 fully saturated rings. The van der Waals surface area contributed by atoms with Gasteiger partial charge in [-0.15, -0.1) is 0 Å². The molecule has 0 heterocycles. The zero-order chi connectivity index (χ0) is 13.8. The fourth-order valence-electron chi connectivity index (χ4n) is 2.70. The van der Waals surface area contributed by atoms with E-state index in [1.54, 1.807) is 13.3 Å². The summed E-state index contributed by atoms with van der Waals surface area (Å²) in [6, 6.07) is 5.84. The number of hydrogen-bond acceptors (Lipinski definition) is 2. The average molecular weight is 280 g/mol. The van der Waals surface area contributed by atoms with Crippen molar-refractivity contribution in [1.29, 1.82) is 0 Å². The lowest BCUT2D eigenvalue weighted by atomic mass is 9.79. The molecule has 0 aliphatic heterocycles. The summed E-state index contributed by atoms with van der Waals surface area (Å²) in [6.07, 6.45) is 5.75. The molecule has 0 spiro atoms. The van der Waals surface area contributed by atoms with Gasteiger partial charge in [-0.2, -0.15) is 0 Å². The van der Waals surface area contributed by atoms with E-state index < -0.39 is 0 Å².